The van der Waals surface area contributed by atoms with Gasteiger partial charge in [-0.2, -0.15) is 0 Å². The molecular formula is C15H20O4. The third kappa shape index (κ3) is 3.40. The van der Waals surface area contributed by atoms with Crippen molar-refractivity contribution in [3.05, 3.63) is 23.8 Å². The molecule has 0 saturated heterocycles. The average Bonchev–Trinajstić information content (AvgIpc) is 3.12. The van der Waals surface area contributed by atoms with E-state index in [0.717, 1.165) is 18.4 Å². The molecule has 1 fully saturated rings. The Morgan fingerprint density at radius 2 is 2.05 bits per heavy atom. The molecule has 0 aliphatic heterocycles. The molecule has 0 bridgehead atoms. The minimum atomic E-state index is -0.798. The van der Waals surface area contributed by atoms with Gasteiger partial charge in [-0.25, -0.2) is 0 Å². The summed E-state index contributed by atoms with van der Waals surface area (Å²) in [6, 6.07) is 5.62. The second-order valence-corrected chi connectivity index (χ2v) is 5.67. The number of rotatable bonds is 6. The quantitative estimate of drug-likeness (QED) is 0.858. The van der Waals surface area contributed by atoms with Crippen LogP contribution in [-0.4, -0.2) is 24.3 Å². The van der Waals surface area contributed by atoms with Gasteiger partial charge in [0.15, 0.2) is 11.5 Å². The molecule has 0 radical (unpaired) electrons. The van der Waals surface area contributed by atoms with Crippen LogP contribution in [0.3, 0.4) is 0 Å². The van der Waals surface area contributed by atoms with Crippen molar-refractivity contribution < 1.29 is 19.4 Å². The molecule has 0 heterocycles. The maximum atomic E-state index is 11.2. The van der Waals surface area contributed by atoms with Crippen LogP contribution in [0.5, 0.6) is 11.5 Å². The molecule has 0 aromatic heterocycles. The van der Waals surface area contributed by atoms with Crippen molar-refractivity contribution in [3.63, 3.8) is 0 Å². The topological polar surface area (TPSA) is 55.8 Å². The van der Waals surface area contributed by atoms with Crippen molar-refractivity contribution in [3.8, 4) is 11.5 Å². The number of carboxylic acids is 1. The minimum Gasteiger partial charge on any atom is -0.493 e. The summed E-state index contributed by atoms with van der Waals surface area (Å²) >= 11 is 0. The SMILES string of the molecule is COc1ccc(CC(C)(C)C(=O)O)cc1OC1CC1. The molecule has 2 rings (SSSR count). The van der Waals surface area contributed by atoms with Gasteiger partial charge in [0.05, 0.1) is 18.6 Å². The lowest BCUT2D eigenvalue weighted by molar-refractivity contribution is -0.146. The van der Waals surface area contributed by atoms with Crippen molar-refractivity contribution in [1.29, 1.82) is 0 Å². The number of benzene rings is 1. The van der Waals surface area contributed by atoms with E-state index in [1.807, 2.05) is 18.2 Å². The molecule has 1 aliphatic rings. The summed E-state index contributed by atoms with van der Waals surface area (Å²) in [5.74, 6) is 0.612. The summed E-state index contributed by atoms with van der Waals surface area (Å²) in [6.45, 7) is 3.45. The summed E-state index contributed by atoms with van der Waals surface area (Å²) in [4.78, 5) is 11.2. The van der Waals surface area contributed by atoms with E-state index in [1.165, 1.54) is 0 Å². The molecule has 4 heteroatoms. The minimum absolute atomic E-state index is 0.289. The zero-order chi connectivity index (χ0) is 14.0. The largest absolute Gasteiger partial charge is 0.493 e. The molecule has 0 unspecified atom stereocenters. The van der Waals surface area contributed by atoms with Crippen molar-refractivity contribution in [2.75, 3.05) is 7.11 Å². The lowest BCUT2D eigenvalue weighted by atomic mass is 9.86. The predicted molar refractivity (Wildman–Crippen MR) is 71.8 cm³/mol. The van der Waals surface area contributed by atoms with Crippen LogP contribution in [0.25, 0.3) is 0 Å². The van der Waals surface area contributed by atoms with Crippen LogP contribution in [0, 0.1) is 5.41 Å². The maximum Gasteiger partial charge on any atom is 0.309 e. The van der Waals surface area contributed by atoms with Crippen molar-refractivity contribution in [2.24, 2.45) is 5.41 Å². The number of carbonyl (C=O) groups is 1. The van der Waals surface area contributed by atoms with Crippen molar-refractivity contribution in [2.45, 2.75) is 39.2 Å². The number of ether oxygens (including phenoxy) is 2. The van der Waals surface area contributed by atoms with Crippen LogP contribution < -0.4 is 9.47 Å². The number of hydrogen-bond acceptors (Lipinski definition) is 3. The van der Waals surface area contributed by atoms with Crippen LogP contribution in [0.1, 0.15) is 32.3 Å². The van der Waals surface area contributed by atoms with Gasteiger partial charge in [0.2, 0.25) is 0 Å². The molecule has 19 heavy (non-hydrogen) atoms. The number of carboxylic acid groups (broad SMARTS) is 1. The predicted octanol–water partition coefficient (Wildman–Crippen LogP) is 2.89. The van der Waals surface area contributed by atoms with Crippen molar-refractivity contribution >= 4 is 5.97 Å². The van der Waals surface area contributed by atoms with E-state index in [0.29, 0.717) is 17.9 Å². The molecule has 0 amide bonds. The van der Waals surface area contributed by atoms with Gasteiger partial charge in [0.1, 0.15) is 0 Å². The van der Waals surface area contributed by atoms with E-state index >= 15 is 0 Å². The van der Waals surface area contributed by atoms with Gasteiger partial charge in [-0.15, -0.1) is 0 Å². The summed E-state index contributed by atoms with van der Waals surface area (Å²) in [7, 11) is 1.61. The Kier molecular flexibility index (Phi) is 3.69. The molecule has 0 atom stereocenters. The van der Waals surface area contributed by atoms with Gasteiger partial charge < -0.3 is 14.6 Å². The van der Waals surface area contributed by atoms with Gasteiger partial charge in [-0.1, -0.05) is 6.07 Å². The normalized spacial score (nSPS) is 15.1. The van der Waals surface area contributed by atoms with Crippen LogP contribution in [0.15, 0.2) is 18.2 Å². The number of aliphatic carboxylic acids is 1. The fourth-order valence-electron chi connectivity index (χ4n) is 1.87. The highest BCUT2D eigenvalue weighted by Gasteiger charge is 2.29. The zero-order valence-corrected chi connectivity index (χ0v) is 11.6. The van der Waals surface area contributed by atoms with E-state index < -0.39 is 11.4 Å². The molecule has 1 aromatic rings. The standard InChI is InChI=1S/C15H20O4/c1-15(2,14(16)17)9-10-4-7-12(18-3)13(8-10)19-11-5-6-11/h4,7-8,11H,5-6,9H2,1-3H3,(H,16,17). The first kappa shape index (κ1) is 13.7. The van der Waals surface area contributed by atoms with Gasteiger partial charge in [0.25, 0.3) is 0 Å². The summed E-state index contributed by atoms with van der Waals surface area (Å²) < 4.78 is 11.1. The molecule has 1 saturated carbocycles. The first-order valence-electron chi connectivity index (χ1n) is 6.49. The highest BCUT2D eigenvalue weighted by atomic mass is 16.5. The molecule has 1 N–H and O–H groups in total. The van der Waals surface area contributed by atoms with E-state index in [1.54, 1.807) is 21.0 Å². The number of methoxy groups -OCH3 is 1. The Hall–Kier alpha value is -1.71. The number of hydrogen-bond donors (Lipinski definition) is 1. The molecule has 1 aromatic carbocycles. The average molecular weight is 264 g/mol. The first-order chi connectivity index (χ1) is 8.92. The van der Waals surface area contributed by atoms with Gasteiger partial charge in [-0.3, -0.25) is 4.79 Å². The molecule has 0 spiro atoms. The van der Waals surface area contributed by atoms with Gasteiger partial charge >= 0.3 is 5.97 Å². The summed E-state index contributed by atoms with van der Waals surface area (Å²) in [5, 5.41) is 9.17. The lowest BCUT2D eigenvalue weighted by Crippen LogP contribution is -2.26. The third-order valence-electron chi connectivity index (χ3n) is 3.27. The fourth-order valence-corrected chi connectivity index (χ4v) is 1.87. The van der Waals surface area contributed by atoms with Gasteiger partial charge in [-0.05, 0) is 50.8 Å². The Morgan fingerprint density at radius 1 is 1.37 bits per heavy atom. The van der Waals surface area contributed by atoms with Crippen LogP contribution in [-0.2, 0) is 11.2 Å². The molecular weight excluding hydrogens is 244 g/mol. The molecule has 4 nitrogen and oxygen atoms in total. The van der Waals surface area contributed by atoms with E-state index in [4.69, 9.17) is 9.47 Å². The van der Waals surface area contributed by atoms with Crippen LogP contribution in [0.2, 0.25) is 0 Å². The lowest BCUT2D eigenvalue weighted by Gasteiger charge is -2.20. The smallest absolute Gasteiger partial charge is 0.309 e. The Balaban J connectivity index is 2.19. The zero-order valence-electron chi connectivity index (χ0n) is 11.6. The maximum absolute atomic E-state index is 11.2. The monoisotopic (exact) mass is 264 g/mol. The Labute approximate surface area is 113 Å². The van der Waals surface area contributed by atoms with E-state index in [9.17, 15) is 9.90 Å². The molecule has 1 aliphatic carbocycles. The Morgan fingerprint density at radius 3 is 2.58 bits per heavy atom. The Bertz CT molecular complexity index is 475. The first-order valence-corrected chi connectivity index (χ1v) is 6.49. The summed E-state index contributed by atoms with van der Waals surface area (Å²) in [5.41, 5.74) is 0.162. The fraction of sp³-hybridized carbons (Fsp3) is 0.533. The van der Waals surface area contributed by atoms with Gasteiger partial charge in [0, 0.05) is 0 Å². The highest BCUT2D eigenvalue weighted by Crippen LogP contribution is 2.35. The second-order valence-electron chi connectivity index (χ2n) is 5.67. The summed E-state index contributed by atoms with van der Waals surface area (Å²) in [6.07, 6.45) is 2.91. The van der Waals surface area contributed by atoms with E-state index in [2.05, 4.69) is 0 Å². The highest BCUT2D eigenvalue weighted by molar-refractivity contribution is 5.74. The van der Waals surface area contributed by atoms with Crippen LogP contribution in [0.4, 0.5) is 0 Å². The van der Waals surface area contributed by atoms with E-state index in [-0.39, 0.29) is 6.10 Å². The molecule has 104 valence electrons. The third-order valence-corrected chi connectivity index (χ3v) is 3.27. The van der Waals surface area contributed by atoms with Crippen LogP contribution >= 0.6 is 0 Å². The second kappa shape index (κ2) is 5.11. The van der Waals surface area contributed by atoms with Crippen molar-refractivity contribution in [1.82, 2.24) is 0 Å².